The van der Waals surface area contributed by atoms with Crippen molar-refractivity contribution in [1.82, 2.24) is 0 Å². The minimum absolute atomic E-state index is 0.289. The highest BCUT2D eigenvalue weighted by Crippen LogP contribution is 2.51. The first kappa shape index (κ1) is 31.4. The summed E-state index contributed by atoms with van der Waals surface area (Å²) in [6.07, 6.45) is 21.8. The summed E-state index contributed by atoms with van der Waals surface area (Å²) in [5.74, 6) is 4.66. The molecule has 0 heteroatoms. The van der Waals surface area contributed by atoms with E-state index in [9.17, 15) is 0 Å². The minimum Gasteiger partial charge on any atom is -0.0986 e. The van der Waals surface area contributed by atoms with Crippen molar-refractivity contribution in [3.63, 3.8) is 0 Å². The molecule has 0 nitrogen and oxygen atoms in total. The van der Waals surface area contributed by atoms with Crippen molar-refractivity contribution < 1.29 is 0 Å². The molecule has 6 rings (SSSR count). The summed E-state index contributed by atoms with van der Waals surface area (Å²) < 4.78 is 0. The maximum absolute atomic E-state index is 4.64. The molecule has 2 saturated carbocycles. The van der Waals surface area contributed by atoms with Crippen LogP contribution in [0, 0.1) is 54.8 Å². The van der Waals surface area contributed by atoms with E-state index in [1.54, 1.807) is 5.56 Å². The molecule has 44 heavy (non-hydrogen) atoms. The van der Waals surface area contributed by atoms with Gasteiger partial charge in [0.1, 0.15) is 0 Å². The normalized spacial score (nSPS) is 28.3. The number of rotatable bonds is 9. The highest BCUT2D eigenvalue weighted by atomic mass is 14.5. The molecule has 2 aromatic rings. The van der Waals surface area contributed by atoms with E-state index in [1.165, 1.54) is 101 Å². The largest absolute Gasteiger partial charge is 0.0986 e. The minimum atomic E-state index is 0.289. The van der Waals surface area contributed by atoms with Crippen molar-refractivity contribution >= 4 is 6.08 Å². The molecule has 0 spiro atoms. The third kappa shape index (κ3) is 6.52. The van der Waals surface area contributed by atoms with Crippen molar-refractivity contribution in [2.45, 2.75) is 112 Å². The van der Waals surface area contributed by atoms with Crippen LogP contribution in [0.1, 0.15) is 113 Å². The third-order valence-electron chi connectivity index (χ3n) is 11.8. The van der Waals surface area contributed by atoms with E-state index in [0.717, 1.165) is 42.9 Å². The van der Waals surface area contributed by atoms with Gasteiger partial charge in [-0.15, -0.1) is 0 Å². The number of fused-ring (bicyclic) bond motifs is 1. The van der Waals surface area contributed by atoms with Gasteiger partial charge < -0.3 is 0 Å². The van der Waals surface area contributed by atoms with Gasteiger partial charge in [-0.25, -0.2) is 0 Å². The van der Waals surface area contributed by atoms with E-state index < -0.39 is 0 Å². The van der Waals surface area contributed by atoms with Crippen molar-refractivity contribution in [2.75, 3.05) is 0 Å². The lowest BCUT2D eigenvalue weighted by Gasteiger charge is -2.42. The third-order valence-corrected chi connectivity index (χ3v) is 11.8. The first-order valence-corrected chi connectivity index (χ1v) is 18.0. The second-order valence-electron chi connectivity index (χ2n) is 16.5. The molecular weight excluding hydrogens is 528 g/mol. The summed E-state index contributed by atoms with van der Waals surface area (Å²) in [5.41, 5.74) is 14.8. The predicted molar refractivity (Wildman–Crippen MR) is 192 cm³/mol. The molecule has 4 aliphatic carbocycles. The SMILES string of the molecule is C=C1C=CC(CC(C)(C)C)C(=C)C1CC1=Cc2cccc(-c3cc(C)cc(C)c3CC3CC(C4CCC[C@H]4CCC)C3)c2C1. The van der Waals surface area contributed by atoms with Gasteiger partial charge in [-0.1, -0.05) is 132 Å². The molecule has 0 heterocycles. The van der Waals surface area contributed by atoms with Crippen LogP contribution in [0.25, 0.3) is 17.2 Å². The first-order chi connectivity index (χ1) is 21.0. The topological polar surface area (TPSA) is 0 Å². The summed E-state index contributed by atoms with van der Waals surface area (Å²) in [5, 5.41) is 0. The molecule has 2 fully saturated rings. The van der Waals surface area contributed by atoms with Gasteiger partial charge in [0.25, 0.3) is 0 Å². The van der Waals surface area contributed by atoms with Crippen molar-refractivity contribution in [1.29, 1.82) is 0 Å². The molecule has 0 aliphatic heterocycles. The van der Waals surface area contributed by atoms with Gasteiger partial charge in [0.15, 0.2) is 0 Å². The van der Waals surface area contributed by atoms with Crippen LogP contribution in [0.15, 0.2) is 72.4 Å². The Bertz CT molecular complexity index is 1460. The van der Waals surface area contributed by atoms with Gasteiger partial charge in [0.2, 0.25) is 0 Å². The number of allylic oxidation sites excluding steroid dienone is 5. The highest BCUT2D eigenvalue weighted by Gasteiger charge is 2.40. The fraction of sp³-hybridized carbons (Fsp3) is 0.545. The van der Waals surface area contributed by atoms with Gasteiger partial charge in [-0.05, 0) is 133 Å². The van der Waals surface area contributed by atoms with Gasteiger partial charge in [0.05, 0.1) is 0 Å². The van der Waals surface area contributed by atoms with Crippen LogP contribution in [-0.2, 0) is 12.8 Å². The van der Waals surface area contributed by atoms with Crippen LogP contribution in [0.3, 0.4) is 0 Å². The lowest BCUT2D eigenvalue weighted by atomic mass is 9.63. The van der Waals surface area contributed by atoms with Crippen molar-refractivity contribution in [3.8, 4) is 11.1 Å². The van der Waals surface area contributed by atoms with E-state index in [1.807, 2.05) is 0 Å². The van der Waals surface area contributed by atoms with Gasteiger partial charge >= 0.3 is 0 Å². The number of aryl methyl sites for hydroxylation is 2. The average molecular weight is 587 g/mol. The molecule has 0 bridgehead atoms. The Kier molecular flexibility index (Phi) is 9.03. The summed E-state index contributed by atoms with van der Waals surface area (Å²) >= 11 is 0. The summed E-state index contributed by atoms with van der Waals surface area (Å²) in [6.45, 7) is 23.2. The van der Waals surface area contributed by atoms with Crippen molar-refractivity contribution in [2.24, 2.45) is 40.9 Å². The zero-order valence-corrected chi connectivity index (χ0v) is 28.8. The quantitative estimate of drug-likeness (QED) is 0.256. The van der Waals surface area contributed by atoms with Gasteiger partial charge in [-0.3, -0.25) is 0 Å². The van der Waals surface area contributed by atoms with E-state index in [2.05, 4.69) is 103 Å². The van der Waals surface area contributed by atoms with Gasteiger partial charge in [0, 0.05) is 5.92 Å². The van der Waals surface area contributed by atoms with Gasteiger partial charge in [-0.2, -0.15) is 0 Å². The maximum Gasteiger partial charge on any atom is 0.00827 e. The molecule has 0 amide bonds. The van der Waals surface area contributed by atoms with Crippen LogP contribution in [0.4, 0.5) is 0 Å². The number of hydrogen-bond acceptors (Lipinski definition) is 0. The van der Waals surface area contributed by atoms with E-state index in [4.69, 9.17) is 0 Å². The van der Waals surface area contributed by atoms with Crippen molar-refractivity contribution in [3.05, 3.63) is 100 Å². The van der Waals surface area contributed by atoms with Crippen LogP contribution in [0.2, 0.25) is 0 Å². The van der Waals surface area contributed by atoms with E-state index in [-0.39, 0.29) is 5.41 Å². The molecule has 234 valence electrons. The molecule has 0 aromatic heterocycles. The van der Waals surface area contributed by atoms with Crippen LogP contribution in [-0.4, -0.2) is 0 Å². The predicted octanol–water partition coefficient (Wildman–Crippen LogP) is 12.4. The zero-order chi connectivity index (χ0) is 31.2. The first-order valence-electron chi connectivity index (χ1n) is 18.0. The fourth-order valence-electron chi connectivity index (χ4n) is 9.69. The van der Waals surface area contributed by atoms with Crippen LogP contribution >= 0.6 is 0 Å². The Morgan fingerprint density at radius 2 is 1.75 bits per heavy atom. The highest BCUT2D eigenvalue weighted by molar-refractivity contribution is 5.80. The molecule has 4 aliphatic rings. The average Bonchev–Trinajstić information content (AvgIpc) is 3.56. The smallest absolute Gasteiger partial charge is 0.00827 e. The van der Waals surface area contributed by atoms with E-state index in [0.29, 0.717) is 11.8 Å². The second-order valence-corrected chi connectivity index (χ2v) is 16.5. The Morgan fingerprint density at radius 3 is 2.50 bits per heavy atom. The fourth-order valence-corrected chi connectivity index (χ4v) is 9.69. The molecule has 3 unspecified atom stereocenters. The lowest BCUT2D eigenvalue weighted by molar-refractivity contribution is 0.0957. The van der Waals surface area contributed by atoms with Crippen LogP contribution < -0.4 is 0 Å². The molecular formula is C44H58. The maximum atomic E-state index is 4.64. The monoisotopic (exact) mass is 586 g/mol. The standard InChI is InChI=1S/C44H58/c1-9-12-34-13-10-15-38(34)37-22-32(23-37)25-41-30(4)19-28(2)20-43(41)39-16-11-14-35-21-33(26-42(35)39)24-40-29(3)17-18-36(31(40)5)27-44(6,7)8/h11,14,16-21,32,34,36-38,40H,3,5,9-10,12-13,15,22-27H2,1-2,4,6-8H3/t32?,34-,36?,37?,38?,40?/m1/s1. The Hall–Kier alpha value is -2.60. The number of hydrogen-bond donors (Lipinski definition) is 0. The molecule has 4 atom stereocenters. The zero-order valence-electron chi connectivity index (χ0n) is 28.8. The summed E-state index contributed by atoms with van der Waals surface area (Å²) in [7, 11) is 0. The Labute approximate surface area is 269 Å². The number of benzene rings is 2. The molecule has 2 aromatic carbocycles. The summed E-state index contributed by atoms with van der Waals surface area (Å²) in [4.78, 5) is 0. The summed E-state index contributed by atoms with van der Waals surface area (Å²) in [6, 6.07) is 12.0. The van der Waals surface area contributed by atoms with E-state index >= 15 is 0 Å². The Balaban J connectivity index is 1.19. The van der Waals surface area contributed by atoms with Crippen LogP contribution in [0.5, 0.6) is 0 Å². The second kappa shape index (κ2) is 12.7. The Morgan fingerprint density at radius 1 is 0.955 bits per heavy atom. The lowest BCUT2D eigenvalue weighted by Crippen LogP contribution is -2.33. The molecule has 0 saturated heterocycles. The molecule has 0 N–H and O–H groups in total. The molecule has 0 radical (unpaired) electrons.